The van der Waals surface area contributed by atoms with Crippen LogP contribution in [0.3, 0.4) is 0 Å². The number of sulfonamides is 1. The standard InChI is InChI=1S/C22H26N4O2S/c1-17-13-21(3-4-22(17)20-5-8-24-18(2)14-20)29(27,28)26-10-6-19(7-11-26)15-25-12-9-23-16-25/h3-5,8-9,12-14,16,19H,6-7,10-11,15H2,1-2H3. The van der Waals surface area contributed by atoms with Gasteiger partial charge in [-0.2, -0.15) is 4.31 Å². The van der Waals surface area contributed by atoms with Gasteiger partial charge in [-0.3, -0.25) is 4.98 Å². The summed E-state index contributed by atoms with van der Waals surface area (Å²) in [7, 11) is -3.48. The summed E-state index contributed by atoms with van der Waals surface area (Å²) in [6, 6.07) is 9.39. The third-order valence-corrected chi connectivity index (χ3v) is 7.54. The molecule has 152 valence electrons. The molecule has 0 amide bonds. The van der Waals surface area contributed by atoms with Gasteiger partial charge >= 0.3 is 0 Å². The molecule has 0 spiro atoms. The second kappa shape index (κ2) is 8.08. The van der Waals surface area contributed by atoms with Crippen LogP contribution >= 0.6 is 0 Å². The van der Waals surface area contributed by atoms with Crippen molar-refractivity contribution in [2.24, 2.45) is 5.92 Å². The van der Waals surface area contributed by atoms with E-state index >= 15 is 0 Å². The molecule has 0 aliphatic carbocycles. The van der Waals surface area contributed by atoms with Crippen molar-refractivity contribution in [3.8, 4) is 11.1 Å². The van der Waals surface area contributed by atoms with Crippen molar-refractivity contribution in [1.82, 2.24) is 18.8 Å². The van der Waals surface area contributed by atoms with Crippen LogP contribution in [0.15, 0.2) is 60.1 Å². The van der Waals surface area contributed by atoms with Gasteiger partial charge < -0.3 is 4.57 Å². The Hall–Kier alpha value is -2.51. The van der Waals surface area contributed by atoms with E-state index in [4.69, 9.17) is 0 Å². The van der Waals surface area contributed by atoms with Gasteiger partial charge in [0.2, 0.25) is 10.0 Å². The van der Waals surface area contributed by atoms with Crippen LogP contribution in [0, 0.1) is 19.8 Å². The summed E-state index contributed by atoms with van der Waals surface area (Å²) in [4.78, 5) is 8.68. The van der Waals surface area contributed by atoms with Crippen LogP contribution in [-0.2, 0) is 16.6 Å². The van der Waals surface area contributed by atoms with Crippen molar-refractivity contribution in [2.45, 2.75) is 38.1 Å². The van der Waals surface area contributed by atoms with Gasteiger partial charge in [0.05, 0.1) is 11.2 Å². The third kappa shape index (κ3) is 4.26. The van der Waals surface area contributed by atoms with E-state index in [-0.39, 0.29) is 0 Å². The first-order valence-corrected chi connectivity index (χ1v) is 11.4. The summed E-state index contributed by atoms with van der Waals surface area (Å²) < 4.78 is 30.0. The predicted molar refractivity (Wildman–Crippen MR) is 113 cm³/mol. The Kier molecular flexibility index (Phi) is 5.52. The number of benzene rings is 1. The molecule has 4 rings (SSSR count). The lowest BCUT2D eigenvalue weighted by atomic mass is 9.98. The second-order valence-corrected chi connectivity index (χ2v) is 9.71. The van der Waals surface area contributed by atoms with Crippen molar-refractivity contribution < 1.29 is 8.42 Å². The molecule has 1 saturated heterocycles. The Morgan fingerprint density at radius 2 is 1.86 bits per heavy atom. The molecule has 0 N–H and O–H groups in total. The van der Waals surface area contributed by atoms with Gasteiger partial charge in [0.1, 0.15) is 0 Å². The normalized spacial score (nSPS) is 16.2. The molecule has 1 aromatic carbocycles. The quantitative estimate of drug-likeness (QED) is 0.644. The fourth-order valence-corrected chi connectivity index (χ4v) is 5.56. The summed E-state index contributed by atoms with van der Waals surface area (Å²) in [6.07, 6.45) is 9.06. The van der Waals surface area contributed by atoms with E-state index in [9.17, 15) is 8.42 Å². The van der Waals surface area contributed by atoms with Gasteiger partial charge in [0.25, 0.3) is 0 Å². The van der Waals surface area contributed by atoms with Gasteiger partial charge in [-0.25, -0.2) is 13.4 Å². The van der Waals surface area contributed by atoms with Gasteiger partial charge in [-0.1, -0.05) is 6.07 Å². The number of hydrogen-bond donors (Lipinski definition) is 0. The van der Waals surface area contributed by atoms with E-state index in [1.54, 1.807) is 28.8 Å². The zero-order valence-corrected chi connectivity index (χ0v) is 17.6. The monoisotopic (exact) mass is 410 g/mol. The van der Waals surface area contributed by atoms with Crippen LogP contribution in [0.1, 0.15) is 24.1 Å². The summed E-state index contributed by atoms with van der Waals surface area (Å²) in [6.45, 7) is 5.93. The maximum atomic E-state index is 13.2. The molecule has 1 aliphatic heterocycles. The predicted octanol–water partition coefficient (Wildman–Crippen LogP) is 3.66. The molecule has 0 radical (unpaired) electrons. The molecule has 0 bridgehead atoms. The zero-order chi connectivity index (χ0) is 20.4. The molecule has 6 nitrogen and oxygen atoms in total. The van der Waals surface area contributed by atoms with E-state index in [1.165, 1.54) is 0 Å². The molecule has 1 aliphatic rings. The zero-order valence-electron chi connectivity index (χ0n) is 16.8. The number of pyridine rings is 1. The fourth-order valence-electron chi connectivity index (χ4n) is 4.01. The van der Waals surface area contributed by atoms with Gasteiger partial charge in [0.15, 0.2) is 0 Å². The van der Waals surface area contributed by atoms with E-state index in [2.05, 4.69) is 14.5 Å². The lowest BCUT2D eigenvalue weighted by Gasteiger charge is -2.31. The van der Waals surface area contributed by atoms with E-state index in [1.807, 2.05) is 44.6 Å². The first kappa shape index (κ1) is 19.8. The van der Waals surface area contributed by atoms with Crippen molar-refractivity contribution >= 4 is 10.0 Å². The van der Waals surface area contributed by atoms with Crippen molar-refractivity contribution in [3.63, 3.8) is 0 Å². The molecule has 0 saturated carbocycles. The van der Waals surface area contributed by atoms with Crippen LogP contribution in [-0.4, -0.2) is 40.3 Å². The maximum absolute atomic E-state index is 13.2. The third-order valence-electron chi connectivity index (χ3n) is 5.65. The molecule has 7 heteroatoms. The molecule has 29 heavy (non-hydrogen) atoms. The SMILES string of the molecule is Cc1cc(-c2ccc(S(=O)(=O)N3CCC(Cn4ccnc4)CC3)cc2C)ccn1. The number of nitrogens with zero attached hydrogens (tertiary/aromatic N) is 4. The number of imidazole rings is 1. The lowest BCUT2D eigenvalue weighted by molar-refractivity contribution is 0.253. The van der Waals surface area contributed by atoms with Crippen molar-refractivity contribution in [3.05, 3.63) is 66.5 Å². The number of piperidine rings is 1. The van der Waals surface area contributed by atoms with Crippen LogP contribution in [0.4, 0.5) is 0 Å². The molecule has 3 heterocycles. The minimum absolute atomic E-state index is 0.373. The van der Waals surface area contributed by atoms with Crippen molar-refractivity contribution in [1.29, 1.82) is 0 Å². The van der Waals surface area contributed by atoms with Crippen LogP contribution in [0.25, 0.3) is 11.1 Å². The first-order chi connectivity index (χ1) is 13.9. The summed E-state index contributed by atoms with van der Waals surface area (Å²) in [5, 5.41) is 0. The highest BCUT2D eigenvalue weighted by Gasteiger charge is 2.29. The maximum Gasteiger partial charge on any atom is 0.243 e. The van der Waals surface area contributed by atoms with E-state index in [0.717, 1.165) is 41.8 Å². The number of rotatable bonds is 5. The van der Waals surface area contributed by atoms with E-state index in [0.29, 0.717) is 23.9 Å². The smallest absolute Gasteiger partial charge is 0.243 e. The molecular weight excluding hydrogens is 384 g/mol. The van der Waals surface area contributed by atoms with Crippen molar-refractivity contribution in [2.75, 3.05) is 13.1 Å². The van der Waals surface area contributed by atoms with Crippen LogP contribution in [0.2, 0.25) is 0 Å². The number of aryl methyl sites for hydroxylation is 2. The largest absolute Gasteiger partial charge is 0.337 e. The average Bonchev–Trinajstić information content (AvgIpc) is 3.21. The Labute approximate surface area is 172 Å². The number of hydrogen-bond acceptors (Lipinski definition) is 4. The molecule has 1 fully saturated rings. The molecule has 0 unspecified atom stereocenters. The van der Waals surface area contributed by atoms with Crippen LogP contribution < -0.4 is 0 Å². The highest BCUT2D eigenvalue weighted by Crippen LogP contribution is 2.29. The van der Waals surface area contributed by atoms with Gasteiger partial charge in [-0.05, 0) is 73.6 Å². The Morgan fingerprint density at radius 3 is 2.52 bits per heavy atom. The van der Waals surface area contributed by atoms with E-state index < -0.39 is 10.0 Å². The van der Waals surface area contributed by atoms with Gasteiger partial charge in [-0.15, -0.1) is 0 Å². The first-order valence-electron chi connectivity index (χ1n) is 9.93. The van der Waals surface area contributed by atoms with Gasteiger partial charge in [0, 0.05) is 43.9 Å². The molecule has 2 aromatic heterocycles. The Bertz CT molecular complexity index is 1090. The average molecular weight is 411 g/mol. The number of aromatic nitrogens is 3. The molecule has 3 aromatic rings. The summed E-state index contributed by atoms with van der Waals surface area (Å²) >= 11 is 0. The highest BCUT2D eigenvalue weighted by molar-refractivity contribution is 7.89. The second-order valence-electron chi connectivity index (χ2n) is 7.77. The lowest BCUT2D eigenvalue weighted by Crippen LogP contribution is -2.39. The Morgan fingerprint density at radius 1 is 1.07 bits per heavy atom. The minimum atomic E-state index is -3.48. The topological polar surface area (TPSA) is 68.1 Å². The Balaban J connectivity index is 1.48. The summed E-state index contributed by atoms with van der Waals surface area (Å²) in [5.41, 5.74) is 3.98. The van der Waals surface area contributed by atoms with Crippen LogP contribution in [0.5, 0.6) is 0 Å². The molecule has 0 atom stereocenters. The summed E-state index contributed by atoms with van der Waals surface area (Å²) in [5.74, 6) is 0.481. The minimum Gasteiger partial charge on any atom is -0.337 e. The fraction of sp³-hybridized carbons (Fsp3) is 0.364. The highest BCUT2D eigenvalue weighted by atomic mass is 32.2. The molecular formula is C22H26N4O2S.